The monoisotopic (exact) mass is 402 g/mol. The van der Waals surface area contributed by atoms with Crippen LogP contribution >= 0.6 is 22.9 Å². The lowest BCUT2D eigenvalue weighted by molar-refractivity contribution is 0.102. The third-order valence-electron chi connectivity index (χ3n) is 3.57. The number of aromatic nitrogens is 2. The molecule has 5 nitrogen and oxygen atoms in total. The number of halogens is 2. The number of benzene rings is 1. The fourth-order valence-corrected chi connectivity index (χ4v) is 3.67. The zero-order valence-electron chi connectivity index (χ0n) is 14.0. The lowest BCUT2D eigenvalue weighted by Gasteiger charge is -1.99. The Bertz CT molecular complexity index is 1060. The zero-order chi connectivity index (χ0) is 19.4. The molecular formula is C18H12F2N4OS2. The molecule has 2 heterocycles. The first-order chi connectivity index (χ1) is 13.0. The van der Waals surface area contributed by atoms with E-state index >= 15 is 0 Å². The smallest absolute Gasteiger partial charge is 0.269 e. The van der Waals surface area contributed by atoms with E-state index < -0.39 is 6.08 Å². The predicted molar refractivity (Wildman–Crippen MR) is 101 cm³/mol. The number of carbonyl (C=O) groups excluding carboxylic acids is 1. The van der Waals surface area contributed by atoms with Gasteiger partial charge in [0.05, 0.1) is 17.2 Å². The molecule has 136 valence electrons. The lowest BCUT2D eigenvalue weighted by Crippen LogP contribution is -2.10. The predicted octanol–water partition coefficient (Wildman–Crippen LogP) is 5.10. The number of nitriles is 1. The third kappa shape index (κ3) is 4.61. The number of rotatable bonds is 5. The molecule has 0 radical (unpaired) electrons. The van der Waals surface area contributed by atoms with Crippen LogP contribution in [0.25, 0.3) is 10.4 Å². The highest BCUT2D eigenvalue weighted by Gasteiger charge is 2.14. The highest BCUT2D eigenvalue weighted by Crippen LogP contribution is 2.28. The molecule has 9 heteroatoms. The minimum Gasteiger partial charge on any atom is -0.297 e. The van der Waals surface area contributed by atoms with E-state index in [9.17, 15) is 13.6 Å². The summed E-state index contributed by atoms with van der Waals surface area (Å²) in [6, 6.07) is 10.9. The standard InChI is InChI=1S/C18H12F2N4OS2/c1-10(16(19)20)5-15-22-18(27-24-15)23-17(25)13-7-14(26-9-13)12-4-2-3-11(6-12)8-21/h2-4,6-7,9H,5H2,1H3,(H,22,23,24,25). The van der Waals surface area contributed by atoms with Crippen molar-refractivity contribution in [2.24, 2.45) is 0 Å². The Kier molecular flexibility index (Phi) is 5.69. The van der Waals surface area contributed by atoms with Gasteiger partial charge in [-0.2, -0.15) is 18.4 Å². The van der Waals surface area contributed by atoms with Crippen molar-refractivity contribution in [3.8, 4) is 16.5 Å². The molecule has 3 rings (SSSR count). The fraction of sp³-hybridized carbons (Fsp3) is 0.111. The number of hydrogen-bond donors (Lipinski definition) is 1. The Hall–Kier alpha value is -2.96. The van der Waals surface area contributed by atoms with E-state index in [1.807, 2.05) is 6.07 Å². The number of nitrogens with zero attached hydrogens (tertiary/aromatic N) is 3. The molecule has 0 saturated carbocycles. The molecule has 0 atom stereocenters. The maximum absolute atomic E-state index is 12.5. The molecule has 0 unspecified atom stereocenters. The van der Waals surface area contributed by atoms with Crippen molar-refractivity contribution in [3.63, 3.8) is 0 Å². The number of amides is 1. The average molecular weight is 402 g/mol. The topological polar surface area (TPSA) is 78.7 Å². The van der Waals surface area contributed by atoms with Gasteiger partial charge < -0.3 is 0 Å². The van der Waals surface area contributed by atoms with Gasteiger partial charge >= 0.3 is 0 Å². The molecular weight excluding hydrogens is 390 g/mol. The minimum absolute atomic E-state index is 0.0630. The van der Waals surface area contributed by atoms with E-state index in [4.69, 9.17) is 5.26 Å². The zero-order valence-corrected chi connectivity index (χ0v) is 15.6. The highest BCUT2D eigenvalue weighted by atomic mass is 32.1. The molecule has 0 aliphatic rings. The van der Waals surface area contributed by atoms with E-state index in [1.165, 1.54) is 18.3 Å². The van der Waals surface area contributed by atoms with Crippen molar-refractivity contribution in [2.75, 3.05) is 5.32 Å². The normalized spacial score (nSPS) is 10.3. The molecule has 3 aromatic rings. The van der Waals surface area contributed by atoms with Crippen molar-refractivity contribution < 1.29 is 13.6 Å². The number of hydrogen-bond acceptors (Lipinski definition) is 6. The summed E-state index contributed by atoms with van der Waals surface area (Å²) >= 11 is 2.33. The Morgan fingerprint density at radius 2 is 2.15 bits per heavy atom. The van der Waals surface area contributed by atoms with Gasteiger partial charge in [0.25, 0.3) is 12.0 Å². The largest absolute Gasteiger partial charge is 0.297 e. The van der Waals surface area contributed by atoms with E-state index in [-0.39, 0.29) is 28.9 Å². The molecule has 0 saturated heterocycles. The van der Waals surface area contributed by atoms with Gasteiger partial charge in [0, 0.05) is 28.2 Å². The van der Waals surface area contributed by atoms with Gasteiger partial charge in [-0.3, -0.25) is 10.1 Å². The second-order valence-electron chi connectivity index (χ2n) is 5.58. The summed E-state index contributed by atoms with van der Waals surface area (Å²) < 4.78 is 28.9. The van der Waals surface area contributed by atoms with Crippen LogP contribution in [0.2, 0.25) is 0 Å². The van der Waals surface area contributed by atoms with Crippen molar-refractivity contribution in [2.45, 2.75) is 13.3 Å². The summed E-state index contributed by atoms with van der Waals surface area (Å²) in [5.74, 6) is -0.125. The van der Waals surface area contributed by atoms with Crippen molar-refractivity contribution >= 4 is 33.9 Å². The van der Waals surface area contributed by atoms with Crippen LogP contribution in [0.1, 0.15) is 28.7 Å². The summed E-state index contributed by atoms with van der Waals surface area (Å²) in [6.45, 7) is 1.31. The van der Waals surface area contributed by atoms with Crippen molar-refractivity contribution in [3.05, 3.63) is 64.3 Å². The first kappa shape index (κ1) is 18.8. The summed E-state index contributed by atoms with van der Waals surface area (Å²) in [6.07, 6.45) is -1.81. The average Bonchev–Trinajstić information content (AvgIpc) is 3.31. The molecule has 1 amide bonds. The minimum atomic E-state index is -1.75. The Morgan fingerprint density at radius 1 is 1.33 bits per heavy atom. The number of anilines is 1. The maximum Gasteiger partial charge on any atom is 0.269 e. The molecule has 27 heavy (non-hydrogen) atoms. The molecule has 0 bridgehead atoms. The SMILES string of the molecule is CC(Cc1nsc(NC(=O)c2csc(-c3cccc(C#N)c3)c2)n1)=C(F)F. The van der Waals surface area contributed by atoms with Gasteiger partial charge in [-0.15, -0.1) is 11.3 Å². The Labute approximate surface area is 161 Å². The summed E-state index contributed by atoms with van der Waals surface area (Å²) in [4.78, 5) is 17.3. The number of carbonyl (C=O) groups is 1. The van der Waals surface area contributed by atoms with Gasteiger partial charge in [-0.05, 0) is 36.3 Å². The van der Waals surface area contributed by atoms with Crippen molar-refractivity contribution in [1.82, 2.24) is 9.36 Å². The van der Waals surface area contributed by atoms with Gasteiger partial charge in [-0.25, -0.2) is 4.98 Å². The van der Waals surface area contributed by atoms with Crippen LogP contribution in [0.5, 0.6) is 0 Å². The summed E-state index contributed by atoms with van der Waals surface area (Å²) in [5, 5.41) is 13.6. The van der Waals surface area contributed by atoms with Crippen LogP contribution in [-0.2, 0) is 6.42 Å². The van der Waals surface area contributed by atoms with Gasteiger partial charge in [-0.1, -0.05) is 12.1 Å². The van der Waals surface area contributed by atoms with Gasteiger partial charge in [0.15, 0.2) is 0 Å². The summed E-state index contributed by atoms with van der Waals surface area (Å²) in [7, 11) is 0. The van der Waals surface area contributed by atoms with Gasteiger partial charge in [0.2, 0.25) is 5.13 Å². The lowest BCUT2D eigenvalue weighted by atomic mass is 10.1. The number of nitrogens with one attached hydrogen (secondary N) is 1. The third-order valence-corrected chi connectivity index (χ3v) is 5.22. The molecule has 0 spiro atoms. The molecule has 0 aliphatic heterocycles. The maximum atomic E-state index is 12.5. The van der Waals surface area contributed by atoms with E-state index in [1.54, 1.807) is 29.6 Å². The van der Waals surface area contributed by atoms with E-state index in [0.717, 1.165) is 22.0 Å². The van der Waals surface area contributed by atoms with Crippen LogP contribution in [0.4, 0.5) is 13.9 Å². The molecule has 2 aromatic heterocycles. The van der Waals surface area contributed by atoms with Crippen molar-refractivity contribution in [1.29, 1.82) is 5.26 Å². The Balaban J connectivity index is 1.71. The summed E-state index contributed by atoms with van der Waals surface area (Å²) in [5.41, 5.74) is 1.74. The van der Waals surface area contributed by atoms with Crippen LogP contribution < -0.4 is 5.32 Å². The quantitative estimate of drug-likeness (QED) is 0.644. The van der Waals surface area contributed by atoms with Crippen LogP contribution in [-0.4, -0.2) is 15.3 Å². The molecule has 0 aliphatic carbocycles. The number of allylic oxidation sites excluding steroid dienone is 1. The Morgan fingerprint density at radius 3 is 2.89 bits per heavy atom. The fourth-order valence-electron chi connectivity index (χ4n) is 2.20. The van der Waals surface area contributed by atoms with E-state index in [0.29, 0.717) is 11.1 Å². The van der Waals surface area contributed by atoms with E-state index in [2.05, 4.69) is 20.7 Å². The van der Waals surface area contributed by atoms with Crippen LogP contribution in [0.15, 0.2) is 47.4 Å². The van der Waals surface area contributed by atoms with Gasteiger partial charge in [0.1, 0.15) is 5.82 Å². The van der Waals surface area contributed by atoms with Crippen LogP contribution in [0, 0.1) is 11.3 Å². The number of thiophene rings is 1. The second-order valence-corrected chi connectivity index (χ2v) is 7.24. The molecule has 1 aromatic carbocycles. The second kappa shape index (κ2) is 8.16. The highest BCUT2D eigenvalue weighted by molar-refractivity contribution is 7.14. The first-order valence-electron chi connectivity index (χ1n) is 7.70. The first-order valence-corrected chi connectivity index (χ1v) is 9.35. The van der Waals surface area contributed by atoms with Crippen LogP contribution in [0.3, 0.4) is 0 Å². The molecule has 1 N–H and O–H groups in total. The molecule has 0 fully saturated rings.